The predicted molar refractivity (Wildman–Crippen MR) is 73.5 cm³/mol. The van der Waals surface area contributed by atoms with Crippen LogP contribution in [-0.2, 0) is 0 Å². The summed E-state index contributed by atoms with van der Waals surface area (Å²) in [6.45, 7) is 4.86. The van der Waals surface area contributed by atoms with E-state index in [9.17, 15) is 0 Å². The standard InChI is InChI=1S/C13H24N4O/c1-3-4-5-6-7-8-9-18-12-11(2)10-15-13(16-12)17-14/h10H,3-9,14H2,1-2H3,(H,15,16,17). The topological polar surface area (TPSA) is 73.1 Å². The van der Waals surface area contributed by atoms with Crippen LogP contribution in [0.1, 0.15) is 51.0 Å². The SMILES string of the molecule is CCCCCCCCOc1nc(NN)ncc1C. The van der Waals surface area contributed by atoms with Crippen molar-refractivity contribution in [3.8, 4) is 5.88 Å². The molecule has 0 fully saturated rings. The van der Waals surface area contributed by atoms with Crippen molar-refractivity contribution in [1.82, 2.24) is 9.97 Å². The number of rotatable bonds is 9. The summed E-state index contributed by atoms with van der Waals surface area (Å²) < 4.78 is 5.64. The van der Waals surface area contributed by atoms with Crippen LogP contribution in [0.2, 0.25) is 0 Å². The molecule has 1 aromatic heterocycles. The minimum Gasteiger partial charge on any atom is -0.477 e. The van der Waals surface area contributed by atoms with Gasteiger partial charge in [0.05, 0.1) is 6.61 Å². The maximum Gasteiger partial charge on any atom is 0.240 e. The molecule has 0 amide bonds. The number of nitrogens with one attached hydrogen (secondary N) is 1. The van der Waals surface area contributed by atoms with Gasteiger partial charge < -0.3 is 4.74 Å². The molecule has 0 aliphatic carbocycles. The molecule has 3 N–H and O–H groups in total. The van der Waals surface area contributed by atoms with Crippen molar-refractivity contribution in [3.05, 3.63) is 11.8 Å². The Labute approximate surface area is 109 Å². The molecule has 5 heteroatoms. The van der Waals surface area contributed by atoms with Gasteiger partial charge in [-0.05, 0) is 13.3 Å². The second kappa shape index (κ2) is 8.69. The number of ether oxygens (including phenoxy) is 1. The Hall–Kier alpha value is -1.36. The molecular weight excluding hydrogens is 228 g/mol. The number of hydrogen-bond donors (Lipinski definition) is 2. The smallest absolute Gasteiger partial charge is 0.240 e. The summed E-state index contributed by atoms with van der Waals surface area (Å²) in [5.41, 5.74) is 3.35. The van der Waals surface area contributed by atoms with Crippen LogP contribution in [0.3, 0.4) is 0 Å². The summed E-state index contributed by atoms with van der Waals surface area (Å²) in [4.78, 5) is 8.18. The highest BCUT2D eigenvalue weighted by Gasteiger charge is 2.03. The lowest BCUT2D eigenvalue weighted by atomic mass is 10.1. The van der Waals surface area contributed by atoms with Gasteiger partial charge in [0.25, 0.3) is 0 Å². The van der Waals surface area contributed by atoms with E-state index in [0.29, 0.717) is 18.4 Å². The van der Waals surface area contributed by atoms with Gasteiger partial charge in [0.1, 0.15) is 0 Å². The minimum absolute atomic E-state index is 0.388. The fraction of sp³-hybridized carbons (Fsp3) is 0.692. The summed E-state index contributed by atoms with van der Waals surface area (Å²) in [7, 11) is 0. The van der Waals surface area contributed by atoms with E-state index < -0.39 is 0 Å². The third kappa shape index (κ3) is 5.31. The first-order chi connectivity index (χ1) is 8.77. The number of nitrogen functional groups attached to an aromatic ring is 1. The monoisotopic (exact) mass is 252 g/mol. The lowest BCUT2D eigenvalue weighted by Gasteiger charge is -2.08. The van der Waals surface area contributed by atoms with Gasteiger partial charge in [0.2, 0.25) is 11.8 Å². The van der Waals surface area contributed by atoms with Crippen LogP contribution < -0.4 is 16.0 Å². The maximum absolute atomic E-state index is 5.64. The zero-order valence-corrected chi connectivity index (χ0v) is 11.4. The Bertz CT molecular complexity index is 344. The molecule has 0 saturated heterocycles. The first-order valence-corrected chi connectivity index (χ1v) is 6.71. The summed E-state index contributed by atoms with van der Waals surface area (Å²) in [5.74, 6) is 6.27. The highest BCUT2D eigenvalue weighted by Crippen LogP contribution is 2.15. The summed E-state index contributed by atoms with van der Waals surface area (Å²) in [6.07, 6.45) is 9.21. The van der Waals surface area contributed by atoms with Crippen LogP contribution in [0.25, 0.3) is 0 Å². The molecule has 18 heavy (non-hydrogen) atoms. The molecule has 102 valence electrons. The summed E-state index contributed by atoms with van der Waals surface area (Å²) in [6, 6.07) is 0. The molecule has 0 spiro atoms. The van der Waals surface area contributed by atoms with E-state index >= 15 is 0 Å². The van der Waals surface area contributed by atoms with Crippen molar-refractivity contribution in [1.29, 1.82) is 0 Å². The number of nitrogens with two attached hydrogens (primary N) is 1. The van der Waals surface area contributed by atoms with Crippen LogP contribution >= 0.6 is 0 Å². The van der Waals surface area contributed by atoms with Gasteiger partial charge in [-0.2, -0.15) is 4.98 Å². The molecule has 0 atom stereocenters. The summed E-state index contributed by atoms with van der Waals surface area (Å²) in [5, 5.41) is 0. The van der Waals surface area contributed by atoms with Crippen molar-refractivity contribution in [2.24, 2.45) is 5.84 Å². The van der Waals surface area contributed by atoms with Gasteiger partial charge in [-0.25, -0.2) is 10.8 Å². The number of aromatic nitrogens is 2. The second-order valence-corrected chi connectivity index (χ2v) is 4.44. The van der Waals surface area contributed by atoms with Gasteiger partial charge in [-0.3, -0.25) is 5.43 Å². The third-order valence-electron chi connectivity index (χ3n) is 2.79. The molecule has 0 saturated carbocycles. The molecule has 1 heterocycles. The number of nitrogens with zero attached hydrogens (tertiary/aromatic N) is 2. The Balaban J connectivity index is 2.22. The van der Waals surface area contributed by atoms with Crippen LogP contribution in [-0.4, -0.2) is 16.6 Å². The van der Waals surface area contributed by atoms with E-state index in [2.05, 4.69) is 22.3 Å². The molecule has 0 radical (unpaired) electrons. The lowest BCUT2D eigenvalue weighted by molar-refractivity contribution is 0.291. The van der Waals surface area contributed by atoms with E-state index in [-0.39, 0.29) is 0 Å². The van der Waals surface area contributed by atoms with Crippen LogP contribution in [0.5, 0.6) is 5.88 Å². The number of aryl methyl sites for hydroxylation is 1. The van der Waals surface area contributed by atoms with E-state index in [0.717, 1.165) is 12.0 Å². The third-order valence-corrected chi connectivity index (χ3v) is 2.79. The molecule has 5 nitrogen and oxygen atoms in total. The van der Waals surface area contributed by atoms with Crippen molar-refractivity contribution < 1.29 is 4.74 Å². The molecule has 0 unspecified atom stereocenters. The highest BCUT2D eigenvalue weighted by molar-refractivity contribution is 5.31. The van der Waals surface area contributed by atoms with Crippen LogP contribution in [0.15, 0.2) is 6.20 Å². The normalized spacial score (nSPS) is 10.4. The van der Waals surface area contributed by atoms with E-state index in [4.69, 9.17) is 10.6 Å². The Morgan fingerprint density at radius 2 is 1.94 bits per heavy atom. The fourth-order valence-corrected chi connectivity index (χ4v) is 1.69. The highest BCUT2D eigenvalue weighted by atomic mass is 16.5. The maximum atomic E-state index is 5.64. The number of unbranched alkanes of at least 4 members (excludes halogenated alkanes) is 5. The number of anilines is 1. The van der Waals surface area contributed by atoms with Gasteiger partial charge >= 0.3 is 0 Å². The Kier molecular flexibility index (Phi) is 7.10. The molecular formula is C13H24N4O. The van der Waals surface area contributed by atoms with Crippen molar-refractivity contribution in [2.75, 3.05) is 12.0 Å². The van der Waals surface area contributed by atoms with Crippen molar-refractivity contribution in [2.45, 2.75) is 52.4 Å². The van der Waals surface area contributed by atoms with Crippen molar-refractivity contribution in [3.63, 3.8) is 0 Å². The van der Waals surface area contributed by atoms with E-state index in [1.54, 1.807) is 6.20 Å². The van der Waals surface area contributed by atoms with Gasteiger partial charge in [-0.1, -0.05) is 39.0 Å². The van der Waals surface area contributed by atoms with Crippen LogP contribution in [0.4, 0.5) is 5.95 Å². The van der Waals surface area contributed by atoms with Gasteiger partial charge in [-0.15, -0.1) is 0 Å². The molecule has 1 rings (SSSR count). The summed E-state index contributed by atoms with van der Waals surface area (Å²) >= 11 is 0. The zero-order chi connectivity index (χ0) is 13.2. The van der Waals surface area contributed by atoms with Crippen molar-refractivity contribution >= 4 is 5.95 Å². The average Bonchev–Trinajstić information content (AvgIpc) is 2.39. The van der Waals surface area contributed by atoms with E-state index in [1.807, 2.05) is 6.92 Å². The van der Waals surface area contributed by atoms with Crippen LogP contribution in [0, 0.1) is 6.92 Å². The first-order valence-electron chi connectivity index (χ1n) is 6.71. The second-order valence-electron chi connectivity index (χ2n) is 4.44. The molecule has 1 aromatic rings. The predicted octanol–water partition coefficient (Wildman–Crippen LogP) is 2.81. The fourth-order valence-electron chi connectivity index (χ4n) is 1.69. The van der Waals surface area contributed by atoms with E-state index in [1.165, 1.54) is 32.1 Å². The molecule has 0 aliphatic rings. The van der Waals surface area contributed by atoms with Gasteiger partial charge in [0.15, 0.2) is 0 Å². The minimum atomic E-state index is 0.388. The largest absolute Gasteiger partial charge is 0.477 e. The lowest BCUT2D eigenvalue weighted by Crippen LogP contribution is -2.11. The Morgan fingerprint density at radius 3 is 2.67 bits per heavy atom. The number of hydrazine groups is 1. The van der Waals surface area contributed by atoms with Gasteiger partial charge in [0, 0.05) is 11.8 Å². The Morgan fingerprint density at radius 1 is 1.22 bits per heavy atom. The molecule has 0 aliphatic heterocycles. The average molecular weight is 252 g/mol. The quantitative estimate of drug-likeness (QED) is 0.401. The molecule has 0 bridgehead atoms. The zero-order valence-electron chi connectivity index (χ0n) is 11.4. The molecule has 0 aromatic carbocycles. The number of hydrogen-bond acceptors (Lipinski definition) is 5. The first kappa shape index (κ1) is 14.7.